The number of nitrogens with one attached hydrogen (secondary N) is 2. The molecule has 2 heterocycles. The molecule has 6 heteroatoms. The molecule has 0 saturated heterocycles. The van der Waals surface area contributed by atoms with Crippen LogP contribution in [0.5, 0.6) is 17.2 Å². The van der Waals surface area contributed by atoms with Crippen molar-refractivity contribution in [3.63, 3.8) is 0 Å². The number of rotatable bonds is 8. The van der Waals surface area contributed by atoms with Crippen molar-refractivity contribution in [3.05, 3.63) is 123 Å². The van der Waals surface area contributed by atoms with Gasteiger partial charge in [0, 0.05) is 33.2 Å². The summed E-state index contributed by atoms with van der Waals surface area (Å²) in [5, 5.41) is 4.94. The van der Waals surface area contributed by atoms with Crippen LogP contribution in [0.1, 0.15) is 34.0 Å². The van der Waals surface area contributed by atoms with Gasteiger partial charge in [-0.15, -0.1) is 0 Å². The predicted molar refractivity (Wildman–Crippen MR) is 154 cm³/mol. The molecular formula is C32H29BrN2O3. The van der Waals surface area contributed by atoms with Crippen molar-refractivity contribution in [1.29, 1.82) is 0 Å². The summed E-state index contributed by atoms with van der Waals surface area (Å²) in [6.45, 7) is 1.88. The van der Waals surface area contributed by atoms with Gasteiger partial charge < -0.3 is 24.5 Å². The number of benzene rings is 4. The van der Waals surface area contributed by atoms with Gasteiger partial charge in [0.1, 0.15) is 30.5 Å². The first-order valence-corrected chi connectivity index (χ1v) is 13.6. The second-order valence-corrected chi connectivity index (χ2v) is 10.4. The molecule has 0 aliphatic carbocycles. The van der Waals surface area contributed by atoms with Crippen LogP contribution in [-0.4, -0.2) is 18.6 Å². The Balaban J connectivity index is 1.26. The number of H-pyrrole nitrogens is 1. The van der Waals surface area contributed by atoms with Crippen LogP contribution in [0.4, 0.5) is 0 Å². The van der Waals surface area contributed by atoms with Gasteiger partial charge in [0.25, 0.3) is 0 Å². The van der Waals surface area contributed by atoms with E-state index >= 15 is 0 Å². The minimum atomic E-state index is 0.0529. The smallest absolute Gasteiger partial charge is 0.125 e. The lowest BCUT2D eigenvalue weighted by molar-refractivity contribution is 0.296. The maximum absolute atomic E-state index is 6.12. The maximum Gasteiger partial charge on any atom is 0.125 e. The summed E-state index contributed by atoms with van der Waals surface area (Å²) < 4.78 is 18.9. The van der Waals surface area contributed by atoms with E-state index < -0.39 is 0 Å². The van der Waals surface area contributed by atoms with Crippen LogP contribution in [0, 0.1) is 0 Å². The monoisotopic (exact) mass is 568 g/mol. The Kier molecular flexibility index (Phi) is 7.08. The van der Waals surface area contributed by atoms with E-state index in [1.165, 1.54) is 22.2 Å². The first kappa shape index (κ1) is 24.6. The molecule has 1 aromatic heterocycles. The lowest BCUT2D eigenvalue weighted by Crippen LogP contribution is -2.30. The molecule has 0 saturated carbocycles. The van der Waals surface area contributed by atoms with Crippen molar-refractivity contribution in [3.8, 4) is 17.2 Å². The first-order valence-electron chi connectivity index (χ1n) is 12.8. The van der Waals surface area contributed by atoms with Crippen LogP contribution in [0.15, 0.2) is 95.5 Å². The van der Waals surface area contributed by atoms with Crippen LogP contribution in [-0.2, 0) is 19.6 Å². The quantitative estimate of drug-likeness (QED) is 0.206. The van der Waals surface area contributed by atoms with Gasteiger partial charge in [-0.3, -0.25) is 0 Å². The summed E-state index contributed by atoms with van der Waals surface area (Å²) in [5.74, 6) is 2.52. The average molecular weight is 569 g/mol. The van der Waals surface area contributed by atoms with Crippen molar-refractivity contribution in [2.75, 3.05) is 13.7 Å². The molecule has 38 heavy (non-hydrogen) atoms. The van der Waals surface area contributed by atoms with Gasteiger partial charge in [-0.1, -0.05) is 52.3 Å². The zero-order chi connectivity index (χ0) is 25.9. The summed E-state index contributed by atoms with van der Waals surface area (Å²) in [7, 11) is 1.70. The standard InChI is InChI=1S/C32H29BrN2O3/c1-36-30-14-7-22(17-23(30)20-38-25-10-8-24(33)9-11-25)31-32-27(15-16-34-31)28-18-26(12-13-29(28)35-32)37-19-21-5-3-2-4-6-21/h2-14,17-18,31,34-35H,15-16,19-20H2,1H3/t31-/m1/s1. The Bertz CT molecular complexity index is 1550. The van der Waals surface area contributed by atoms with Gasteiger partial charge in [-0.2, -0.15) is 0 Å². The molecule has 5 nitrogen and oxygen atoms in total. The van der Waals surface area contributed by atoms with Crippen molar-refractivity contribution < 1.29 is 14.2 Å². The molecule has 4 aromatic carbocycles. The third kappa shape index (κ3) is 5.15. The maximum atomic E-state index is 6.12. The highest BCUT2D eigenvalue weighted by atomic mass is 79.9. The number of hydrogen-bond acceptors (Lipinski definition) is 4. The van der Waals surface area contributed by atoms with Crippen LogP contribution in [0.3, 0.4) is 0 Å². The first-order chi connectivity index (χ1) is 18.7. The number of ether oxygens (including phenoxy) is 3. The fraction of sp³-hybridized carbons (Fsp3) is 0.188. The molecule has 1 aliphatic heterocycles. The van der Waals surface area contributed by atoms with E-state index in [1.54, 1.807) is 7.11 Å². The minimum Gasteiger partial charge on any atom is -0.496 e. The summed E-state index contributed by atoms with van der Waals surface area (Å²) in [6, 6.07) is 30.9. The molecule has 0 unspecified atom stereocenters. The second-order valence-electron chi connectivity index (χ2n) is 9.45. The molecule has 192 valence electrons. The van der Waals surface area contributed by atoms with E-state index in [1.807, 2.05) is 54.6 Å². The Morgan fingerprint density at radius 2 is 1.63 bits per heavy atom. The van der Waals surface area contributed by atoms with Crippen LogP contribution >= 0.6 is 15.9 Å². The van der Waals surface area contributed by atoms with Gasteiger partial charge in [-0.25, -0.2) is 0 Å². The lowest BCUT2D eigenvalue weighted by Gasteiger charge is -2.25. The van der Waals surface area contributed by atoms with Gasteiger partial charge in [0.05, 0.1) is 13.2 Å². The molecule has 0 amide bonds. The molecule has 1 atom stereocenters. The molecule has 0 bridgehead atoms. The second kappa shape index (κ2) is 10.9. The third-order valence-corrected chi connectivity index (χ3v) is 7.55. The molecule has 0 spiro atoms. The number of halogens is 1. The highest BCUT2D eigenvalue weighted by Crippen LogP contribution is 2.36. The number of fused-ring (bicyclic) bond motifs is 3. The van der Waals surface area contributed by atoms with Crippen LogP contribution < -0.4 is 19.5 Å². The van der Waals surface area contributed by atoms with E-state index in [2.05, 4.69) is 62.6 Å². The third-order valence-electron chi connectivity index (χ3n) is 7.02. The van der Waals surface area contributed by atoms with Gasteiger partial charge >= 0.3 is 0 Å². The number of hydrogen-bond donors (Lipinski definition) is 2. The number of aromatic nitrogens is 1. The van der Waals surface area contributed by atoms with E-state index in [4.69, 9.17) is 14.2 Å². The Labute approximate surface area is 230 Å². The largest absolute Gasteiger partial charge is 0.496 e. The van der Waals surface area contributed by atoms with E-state index in [9.17, 15) is 0 Å². The zero-order valence-corrected chi connectivity index (χ0v) is 22.8. The summed E-state index contributed by atoms with van der Waals surface area (Å²) >= 11 is 3.47. The minimum absolute atomic E-state index is 0.0529. The molecule has 5 aromatic rings. The zero-order valence-electron chi connectivity index (χ0n) is 21.2. The van der Waals surface area contributed by atoms with E-state index in [-0.39, 0.29) is 6.04 Å². The van der Waals surface area contributed by atoms with Crippen LogP contribution in [0.25, 0.3) is 10.9 Å². The van der Waals surface area contributed by atoms with Crippen molar-refractivity contribution in [2.45, 2.75) is 25.7 Å². The summed E-state index contributed by atoms with van der Waals surface area (Å²) in [5.41, 5.74) is 7.02. The lowest BCUT2D eigenvalue weighted by atomic mass is 9.93. The summed E-state index contributed by atoms with van der Waals surface area (Å²) in [4.78, 5) is 3.69. The normalized spacial score (nSPS) is 14.7. The van der Waals surface area contributed by atoms with Crippen LogP contribution in [0.2, 0.25) is 0 Å². The Morgan fingerprint density at radius 1 is 0.842 bits per heavy atom. The van der Waals surface area contributed by atoms with Gasteiger partial charge in [0.15, 0.2) is 0 Å². The molecule has 6 rings (SSSR count). The fourth-order valence-corrected chi connectivity index (χ4v) is 5.37. The van der Waals surface area contributed by atoms with E-state index in [0.29, 0.717) is 13.2 Å². The number of methoxy groups -OCH3 is 1. The predicted octanol–water partition coefficient (Wildman–Crippen LogP) is 7.33. The average Bonchev–Trinajstić information content (AvgIpc) is 3.34. The molecular weight excluding hydrogens is 540 g/mol. The van der Waals surface area contributed by atoms with E-state index in [0.717, 1.165) is 51.3 Å². The topological polar surface area (TPSA) is 55.5 Å². The van der Waals surface area contributed by atoms with Crippen molar-refractivity contribution >= 4 is 26.8 Å². The number of aromatic amines is 1. The Morgan fingerprint density at radius 3 is 2.45 bits per heavy atom. The highest BCUT2D eigenvalue weighted by Gasteiger charge is 2.26. The summed E-state index contributed by atoms with van der Waals surface area (Å²) in [6.07, 6.45) is 0.962. The fourth-order valence-electron chi connectivity index (χ4n) is 5.10. The molecule has 1 aliphatic rings. The highest BCUT2D eigenvalue weighted by molar-refractivity contribution is 9.10. The molecule has 0 radical (unpaired) electrons. The molecule has 2 N–H and O–H groups in total. The van der Waals surface area contributed by atoms with Gasteiger partial charge in [-0.05, 0) is 77.7 Å². The van der Waals surface area contributed by atoms with Gasteiger partial charge in [0.2, 0.25) is 0 Å². The SMILES string of the molecule is COc1ccc([C@H]2NCCc3c2[nH]c2ccc(OCc4ccccc4)cc32)cc1COc1ccc(Br)cc1. The van der Waals surface area contributed by atoms with Crippen molar-refractivity contribution in [1.82, 2.24) is 10.3 Å². The van der Waals surface area contributed by atoms with Crippen molar-refractivity contribution in [2.24, 2.45) is 0 Å². The molecule has 0 fully saturated rings. The Hall–Kier alpha value is -3.74.